The van der Waals surface area contributed by atoms with Crippen molar-refractivity contribution in [3.05, 3.63) is 29.8 Å². The van der Waals surface area contributed by atoms with E-state index in [9.17, 15) is 8.42 Å². The lowest BCUT2D eigenvalue weighted by molar-refractivity contribution is 0.124. The molecule has 0 heterocycles. The Morgan fingerprint density at radius 2 is 1.90 bits per heavy atom. The van der Waals surface area contributed by atoms with Crippen molar-refractivity contribution in [3.8, 4) is 0 Å². The van der Waals surface area contributed by atoms with E-state index in [0.717, 1.165) is 0 Å². The summed E-state index contributed by atoms with van der Waals surface area (Å²) in [4.78, 5) is 2.18. The van der Waals surface area contributed by atoms with Gasteiger partial charge in [0.2, 0.25) is 0 Å². The number of hydrogen-bond acceptors (Lipinski definition) is 5. The first kappa shape index (κ1) is 17.6. The van der Waals surface area contributed by atoms with E-state index >= 15 is 0 Å². The number of nitrogens with two attached hydrogens (primary N) is 1. The molecule has 1 rings (SSSR count). The molecule has 0 unspecified atom stereocenters. The molecule has 0 atom stereocenters. The van der Waals surface area contributed by atoms with Crippen LogP contribution < -0.4 is 5.73 Å². The molecule has 3 N–H and O–H groups in total. The minimum absolute atomic E-state index is 0.0506. The molecule has 0 aliphatic heterocycles. The summed E-state index contributed by atoms with van der Waals surface area (Å²) < 4.78 is 29.6. The number of benzene rings is 1. The molecule has 0 radical (unpaired) electrons. The number of nitrogen functional groups attached to an aromatic ring is 1. The first-order valence-electron chi connectivity index (χ1n) is 6.80. The molecule has 0 bridgehead atoms. The van der Waals surface area contributed by atoms with E-state index < -0.39 is 9.84 Å². The Balaban J connectivity index is 2.58. The molecule has 21 heavy (non-hydrogen) atoms. The highest BCUT2D eigenvalue weighted by Gasteiger charge is 2.15. The molecule has 118 valence electrons. The maximum atomic E-state index is 12.2. The number of rotatable bonds is 9. The van der Waals surface area contributed by atoms with E-state index in [2.05, 4.69) is 0 Å². The van der Waals surface area contributed by atoms with Gasteiger partial charge in [-0.25, -0.2) is 8.42 Å². The van der Waals surface area contributed by atoms with Crippen LogP contribution >= 0.6 is 0 Å². The zero-order valence-corrected chi connectivity index (χ0v) is 13.3. The van der Waals surface area contributed by atoms with E-state index in [1.165, 1.54) is 12.1 Å². The van der Waals surface area contributed by atoms with Gasteiger partial charge in [-0.05, 0) is 26.1 Å². The fourth-order valence-corrected chi connectivity index (χ4v) is 3.05. The summed E-state index contributed by atoms with van der Waals surface area (Å²) in [6.07, 6.45) is 0. The fraction of sp³-hybridized carbons (Fsp3) is 0.500. The summed E-state index contributed by atoms with van der Waals surface area (Å²) in [5.41, 5.74) is 5.86. The van der Waals surface area contributed by atoms with Crippen molar-refractivity contribution >= 4 is 15.7 Å². The first-order valence-corrected chi connectivity index (χ1v) is 8.45. The molecule has 0 fully saturated rings. The molecule has 1 aromatic rings. The average molecular weight is 313 g/mol. The molecule has 0 saturated heterocycles. The van der Waals surface area contributed by atoms with Crippen molar-refractivity contribution in [2.75, 3.05) is 39.1 Å². The second-order valence-electron chi connectivity index (χ2n) is 4.76. The summed E-state index contributed by atoms with van der Waals surface area (Å²) in [6, 6.07) is 6.08. The van der Waals surface area contributed by atoms with Gasteiger partial charge in [0.1, 0.15) is 5.84 Å². The lowest BCUT2D eigenvalue weighted by Gasteiger charge is -2.16. The van der Waals surface area contributed by atoms with Gasteiger partial charge >= 0.3 is 0 Å². The Morgan fingerprint density at radius 1 is 1.29 bits per heavy atom. The van der Waals surface area contributed by atoms with Crippen molar-refractivity contribution < 1.29 is 13.2 Å². The third-order valence-corrected chi connectivity index (χ3v) is 4.80. The van der Waals surface area contributed by atoms with Gasteiger partial charge in [0, 0.05) is 25.3 Å². The third kappa shape index (κ3) is 5.82. The molecular formula is C14H23N3O3S. The van der Waals surface area contributed by atoms with Crippen LogP contribution in [0, 0.1) is 5.41 Å². The van der Waals surface area contributed by atoms with Gasteiger partial charge in [-0.15, -0.1) is 0 Å². The topological polar surface area (TPSA) is 96.5 Å². The Morgan fingerprint density at radius 3 is 2.43 bits per heavy atom. The Kier molecular flexibility index (Phi) is 6.80. The minimum atomic E-state index is -3.32. The number of nitrogens with one attached hydrogen (secondary N) is 1. The lowest BCUT2D eigenvalue weighted by Crippen LogP contribution is -2.29. The number of hydrogen-bond donors (Lipinski definition) is 2. The fourth-order valence-electron chi connectivity index (χ4n) is 1.71. The molecular weight excluding hydrogens is 290 g/mol. The van der Waals surface area contributed by atoms with E-state index in [0.29, 0.717) is 31.9 Å². The number of ether oxygens (including phenoxy) is 1. The Labute approximate surface area is 126 Å². The standard InChI is InChI=1S/C14H23N3O3S/c1-3-20-10-8-17(2)9-11-21(18,19)13-6-4-12(5-7-13)14(15)16/h4-7H,3,8-11H2,1-2H3,(H3,15,16). The summed E-state index contributed by atoms with van der Waals surface area (Å²) >= 11 is 0. The van der Waals surface area contributed by atoms with E-state index in [-0.39, 0.29) is 16.5 Å². The zero-order valence-electron chi connectivity index (χ0n) is 12.5. The number of nitrogens with zero attached hydrogens (tertiary/aromatic N) is 1. The molecule has 0 spiro atoms. The van der Waals surface area contributed by atoms with Crippen LogP contribution in [0.15, 0.2) is 29.2 Å². The van der Waals surface area contributed by atoms with Gasteiger partial charge in [0.15, 0.2) is 9.84 Å². The smallest absolute Gasteiger partial charge is 0.179 e. The van der Waals surface area contributed by atoms with E-state index in [1.807, 2.05) is 18.9 Å². The van der Waals surface area contributed by atoms with Crippen LogP contribution in [0.25, 0.3) is 0 Å². The monoisotopic (exact) mass is 313 g/mol. The second-order valence-corrected chi connectivity index (χ2v) is 6.87. The van der Waals surface area contributed by atoms with Crippen molar-refractivity contribution in [2.45, 2.75) is 11.8 Å². The number of likely N-dealkylation sites (N-methyl/N-ethyl adjacent to an activating group) is 1. The zero-order chi connectivity index (χ0) is 15.9. The Hall–Kier alpha value is -1.44. The van der Waals surface area contributed by atoms with Gasteiger partial charge < -0.3 is 15.4 Å². The van der Waals surface area contributed by atoms with E-state index in [4.69, 9.17) is 15.9 Å². The number of sulfone groups is 1. The minimum Gasteiger partial charge on any atom is -0.384 e. The highest BCUT2D eigenvalue weighted by molar-refractivity contribution is 7.91. The highest BCUT2D eigenvalue weighted by atomic mass is 32.2. The maximum absolute atomic E-state index is 12.2. The predicted molar refractivity (Wildman–Crippen MR) is 83.5 cm³/mol. The molecule has 6 nitrogen and oxygen atoms in total. The summed E-state index contributed by atoms with van der Waals surface area (Å²) in [7, 11) is -1.45. The van der Waals surface area contributed by atoms with Crippen molar-refractivity contribution in [2.24, 2.45) is 5.73 Å². The van der Waals surface area contributed by atoms with Crippen LogP contribution in [-0.2, 0) is 14.6 Å². The molecule has 0 saturated carbocycles. The number of amidine groups is 1. The van der Waals surface area contributed by atoms with Crippen LogP contribution in [0.3, 0.4) is 0 Å². The van der Waals surface area contributed by atoms with Gasteiger partial charge in [0.05, 0.1) is 17.3 Å². The lowest BCUT2D eigenvalue weighted by atomic mass is 10.2. The molecule has 7 heteroatoms. The van der Waals surface area contributed by atoms with Crippen molar-refractivity contribution in [3.63, 3.8) is 0 Å². The Bertz CT molecular complexity index is 555. The summed E-state index contributed by atoms with van der Waals surface area (Å²) in [5.74, 6) is -0.0238. The van der Waals surface area contributed by atoms with Crippen LogP contribution in [-0.4, -0.2) is 58.3 Å². The van der Waals surface area contributed by atoms with Crippen molar-refractivity contribution in [1.29, 1.82) is 5.41 Å². The van der Waals surface area contributed by atoms with Crippen molar-refractivity contribution in [1.82, 2.24) is 4.90 Å². The van der Waals surface area contributed by atoms with Crippen LogP contribution in [0.4, 0.5) is 0 Å². The molecule has 0 amide bonds. The average Bonchev–Trinajstić information content (AvgIpc) is 2.45. The molecule has 0 aliphatic carbocycles. The van der Waals surface area contributed by atoms with Crippen LogP contribution in [0.5, 0.6) is 0 Å². The predicted octanol–water partition coefficient (Wildman–Crippen LogP) is 0.713. The molecule has 1 aromatic carbocycles. The largest absolute Gasteiger partial charge is 0.384 e. The molecule has 0 aromatic heterocycles. The van der Waals surface area contributed by atoms with Crippen LogP contribution in [0.2, 0.25) is 0 Å². The van der Waals surface area contributed by atoms with Gasteiger partial charge in [-0.1, -0.05) is 12.1 Å². The SMILES string of the molecule is CCOCCN(C)CCS(=O)(=O)c1ccc(C(=N)N)cc1. The van der Waals surface area contributed by atoms with E-state index in [1.54, 1.807) is 12.1 Å². The second kappa shape index (κ2) is 8.11. The highest BCUT2D eigenvalue weighted by Crippen LogP contribution is 2.12. The van der Waals surface area contributed by atoms with Gasteiger partial charge in [-0.3, -0.25) is 5.41 Å². The molecule has 0 aliphatic rings. The summed E-state index contributed by atoms with van der Waals surface area (Å²) in [5, 5.41) is 7.29. The maximum Gasteiger partial charge on any atom is 0.179 e. The quantitative estimate of drug-likeness (QED) is 0.398. The van der Waals surface area contributed by atoms with Crippen LogP contribution in [0.1, 0.15) is 12.5 Å². The van der Waals surface area contributed by atoms with Gasteiger partial charge in [-0.2, -0.15) is 0 Å². The summed E-state index contributed by atoms with van der Waals surface area (Å²) in [6.45, 7) is 4.33. The van der Waals surface area contributed by atoms with Gasteiger partial charge in [0.25, 0.3) is 0 Å². The normalized spacial score (nSPS) is 11.8. The first-order chi connectivity index (χ1) is 9.86. The third-order valence-electron chi connectivity index (χ3n) is 3.09.